The largest absolute Gasteiger partial charge is 0.490 e. The zero-order valence-corrected chi connectivity index (χ0v) is 22.7. The van der Waals surface area contributed by atoms with Crippen molar-refractivity contribution in [3.8, 4) is 5.75 Å². The third kappa shape index (κ3) is 5.78. The summed E-state index contributed by atoms with van der Waals surface area (Å²) < 4.78 is 92.7. The molecule has 2 aromatic carbocycles. The lowest BCUT2D eigenvalue weighted by Gasteiger charge is -2.51. The molecule has 2 heterocycles. The van der Waals surface area contributed by atoms with Gasteiger partial charge in [-0.25, -0.2) is 0 Å². The molecule has 2 aromatic rings. The van der Waals surface area contributed by atoms with Crippen molar-refractivity contribution in [3.63, 3.8) is 0 Å². The van der Waals surface area contributed by atoms with Crippen LogP contribution in [0, 0.1) is 11.8 Å². The van der Waals surface area contributed by atoms with Gasteiger partial charge in [0.2, 0.25) is 0 Å². The van der Waals surface area contributed by atoms with Crippen LogP contribution < -0.4 is 4.74 Å². The van der Waals surface area contributed by atoms with Crippen molar-refractivity contribution in [2.45, 2.75) is 101 Å². The summed E-state index contributed by atoms with van der Waals surface area (Å²) in [5, 5.41) is 0.439. The molecule has 2 bridgehead atoms. The molecule has 40 heavy (non-hydrogen) atoms. The van der Waals surface area contributed by atoms with E-state index in [9.17, 15) is 31.1 Å². The highest BCUT2D eigenvalue weighted by atomic mass is 19.4. The number of hydrogen-bond donors (Lipinski definition) is 0. The zero-order valence-electron chi connectivity index (χ0n) is 22.7. The van der Waals surface area contributed by atoms with E-state index in [4.69, 9.17) is 9.47 Å². The van der Waals surface area contributed by atoms with Gasteiger partial charge in [0.25, 0.3) is 0 Å². The Balaban J connectivity index is 1.39. The number of carbonyl (C=O) groups excluding carboxylic acids is 1. The molecule has 3 aliphatic rings. The molecule has 0 amide bonds. The first-order valence-electron chi connectivity index (χ1n) is 14.1. The van der Waals surface area contributed by atoms with Crippen molar-refractivity contribution < 1.29 is 40.6 Å². The Morgan fingerprint density at radius 3 is 2.15 bits per heavy atom. The number of nitrogens with zero attached hydrogens (tertiary/aromatic N) is 1. The Kier molecular flexibility index (Phi) is 8.03. The quantitative estimate of drug-likeness (QED) is 0.268. The second kappa shape index (κ2) is 11.1. The summed E-state index contributed by atoms with van der Waals surface area (Å²) in [7, 11) is 1.41. The van der Waals surface area contributed by atoms with Crippen molar-refractivity contribution in [2.75, 3.05) is 7.11 Å². The molecule has 2 aliphatic heterocycles. The fourth-order valence-electron chi connectivity index (χ4n) is 7.25. The van der Waals surface area contributed by atoms with Crippen LogP contribution in [0.2, 0.25) is 0 Å². The Labute approximate surface area is 230 Å². The van der Waals surface area contributed by atoms with E-state index in [1.807, 2.05) is 0 Å². The van der Waals surface area contributed by atoms with Crippen LogP contribution in [0.25, 0.3) is 10.8 Å². The van der Waals surface area contributed by atoms with Gasteiger partial charge in [0.1, 0.15) is 11.3 Å². The highest BCUT2D eigenvalue weighted by Gasteiger charge is 2.44. The van der Waals surface area contributed by atoms with Crippen molar-refractivity contribution in [2.24, 2.45) is 11.8 Å². The molecule has 2 saturated heterocycles. The number of alkyl halides is 6. The van der Waals surface area contributed by atoms with Crippen LogP contribution in [-0.4, -0.2) is 42.3 Å². The lowest BCUT2D eigenvalue weighted by atomic mass is 9.77. The van der Waals surface area contributed by atoms with Crippen molar-refractivity contribution in [1.82, 2.24) is 4.90 Å². The maximum Gasteiger partial charge on any atom is 0.420 e. The lowest BCUT2D eigenvalue weighted by Crippen LogP contribution is -2.54. The molecule has 3 fully saturated rings. The fraction of sp³-hybridized carbons (Fsp3) is 0.633. The molecular weight excluding hydrogens is 536 g/mol. The van der Waals surface area contributed by atoms with E-state index in [1.165, 1.54) is 19.2 Å². The second-order valence-electron chi connectivity index (χ2n) is 11.6. The number of methoxy groups -OCH3 is 1. The van der Waals surface area contributed by atoms with Gasteiger partial charge in [-0.15, -0.1) is 0 Å². The second-order valence-corrected chi connectivity index (χ2v) is 11.6. The van der Waals surface area contributed by atoms with Gasteiger partial charge in [-0.05, 0) is 86.8 Å². The first kappa shape index (κ1) is 29.0. The molecule has 220 valence electrons. The molecular formula is C30H35F6NO3. The average Bonchev–Trinajstić information content (AvgIpc) is 2.90. The SMILES string of the molecule is COC(=O)C1CC2CCCC(C1)N2[C@@H](C)c1ccc2c(C(F)(F)F)c(OC3CCC(C(F)(F)F)CC3)ccc2c1. The molecule has 0 radical (unpaired) electrons. The number of halogens is 6. The van der Waals surface area contributed by atoms with Crippen LogP contribution >= 0.6 is 0 Å². The third-order valence-corrected chi connectivity index (χ3v) is 9.22. The minimum atomic E-state index is -4.70. The minimum absolute atomic E-state index is 0.00882. The number of benzene rings is 2. The van der Waals surface area contributed by atoms with Crippen molar-refractivity contribution in [1.29, 1.82) is 0 Å². The first-order chi connectivity index (χ1) is 18.9. The molecule has 1 saturated carbocycles. The van der Waals surface area contributed by atoms with E-state index in [1.54, 1.807) is 18.2 Å². The Bertz CT molecular complexity index is 1210. The van der Waals surface area contributed by atoms with Gasteiger partial charge in [-0.2, -0.15) is 26.3 Å². The van der Waals surface area contributed by atoms with Gasteiger partial charge in [0, 0.05) is 18.1 Å². The monoisotopic (exact) mass is 571 g/mol. The average molecular weight is 572 g/mol. The van der Waals surface area contributed by atoms with Crippen LogP contribution in [0.15, 0.2) is 30.3 Å². The molecule has 0 spiro atoms. The first-order valence-corrected chi connectivity index (χ1v) is 14.1. The smallest absolute Gasteiger partial charge is 0.420 e. The van der Waals surface area contributed by atoms with Gasteiger partial charge >= 0.3 is 18.3 Å². The molecule has 10 heteroatoms. The number of carbonyl (C=O) groups is 1. The zero-order chi connectivity index (χ0) is 28.8. The van der Waals surface area contributed by atoms with Gasteiger partial charge < -0.3 is 9.47 Å². The van der Waals surface area contributed by atoms with E-state index in [0.717, 1.165) is 24.8 Å². The topological polar surface area (TPSA) is 38.8 Å². The molecule has 2 unspecified atom stereocenters. The number of ether oxygens (including phenoxy) is 2. The van der Waals surface area contributed by atoms with Crippen molar-refractivity contribution >= 4 is 16.7 Å². The summed E-state index contributed by atoms with van der Waals surface area (Å²) >= 11 is 0. The Hall–Kier alpha value is -2.49. The molecule has 5 rings (SSSR count). The van der Waals surface area contributed by atoms with Crippen LogP contribution in [0.1, 0.15) is 81.9 Å². The number of rotatable bonds is 5. The van der Waals surface area contributed by atoms with E-state index in [-0.39, 0.29) is 66.8 Å². The molecule has 1 aliphatic carbocycles. The highest BCUT2D eigenvalue weighted by molar-refractivity contribution is 5.89. The molecule has 4 nitrogen and oxygen atoms in total. The summed E-state index contributed by atoms with van der Waals surface area (Å²) in [5.74, 6) is -2.08. The van der Waals surface area contributed by atoms with Gasteiger partial charge in [-0.3, -0.25) is 9.69 Å². The number of hydrogen-bond acceptors (Lipinski definition) is 4. The number of fused-ring (bicyclic) bond motifs is 3. The minimum Gasteiger partial charge on any atom is -0.490 e. The summed E-state index contributed by atoms with van der Waals surface area (Å²) in [4.78, 5) is 14.6. The highest BCUT2D eigenvalue weighted by Crippen LogP contribution is 2.46. The van der Waals surface area contributed by atoms with Crippen LogP contribution in [0.3, 0.4) is 0 Å². The third-order valence-electron chi connectivity index (χ3n) is 9.22. The number of piperidine rings is 2. The Morgan fingerprint density at radius 1 is 0.925 bits per heavy atom. The van der Waals surface area contributed by atoms with Crippen LogP contribution in [0.4, 0.5) is 26.3 Å². The van der Waals surface area contributed by atoms with Crippen molar-refractivity contribution in [3.05, 3.63) is 41.5 Å². The molecule has 0 N–H and O–H groups in total. The predicted octanol–water partition coefficient (Wildman–Crippen LogP) is 8.23. The van der Waals surface area contributed by atoms with E-state index >= 15 is 0 Å². The maximum absolute atomic E-state index is 14.3. The standard InChI is InChI=1S/C30H35F6NO3/c1-17(37-22-4-3-5-23(37)16-20(15-22)28(38)39-2)18-6-12-25-19(14-18)7-13-26(27(25)30(34,35)36)40-24-10-8-21(9-11-24)29(31,32)33/h6-7,12-14,17,20-24H,3-5,8-11,15-16H2,1-2H3/t17-,20?,21?,22?,23?,24?/m0/s1. The summed E-state index contributed by atoms with van der Waals surface area (Å²) in [5.41, 5.74) is 0.00564. The molecule has 3 atom stereocenters. The maximum atomic E-state index is 14.3. The van der Waals surface area contributed by atoms with Gasteiger partial charge in [-0.1, -0.05) is 24.6 Å². The Morgan fingerprint density at radius 2 is 1.57 bits per heavy atom. The van der Waals surface area contributed by atoms with E-state index < -0.39 is 29.9 Å². The van der Waals surface area contributed by atoms with E-state index in [0.29, 0.717) is 18.2 Å². The van der Waals surface area contributed by atoms with Gasteiger partial charge in [0.05, 0.1) is 25.0 Å². The van der Waals surface area contributed by atoms with Crippen LogP contribution in [-0.2, 0) is 15.7 Å². The summed E-state index contributed by atoms with van der Waals surface area (Å²) in [6.07, 6.45) is -5.42. The predicted molar refractivity (Wildman–Crippen MR) is 138 cm³/mol. The van der Waals surface area contributed by atoms with Gasteiger partial charge in [0.15, 0.2) is 0 Å². The number of esters is 1. The van der Waals surface area contributed by atoms with Crippen LogP contribution in [0.5, 0.6) is 5.75 Å². The lowest BCUT2D eigenvalue weighted by molar-refractivity contribution is -0.185. The summed E-state index contributed by atoms with van der Waals surface area (Å²) in [6.45, 7) is 2.06. The normalized spacial score (nSPS) is 28.8. The molecule has 0 aromatic heterocycles. The van der Waals surface area contributed by atoms with E-state index in [2.05, 4.69) is 11.8 Å². The fourth-order valence-corrected chi connectivity index (χ4v) is 7.25. The summed E-state index contributed by atoms with van der Waals surface area (Å²) in [6, 6.07) is 8.25.